The molecule has 4 heteroatoms. The van der Waals surface area contributed by atoms with Crippen LogP contribution in [-0.2, 0) is 11.2 Å². The van der Waals surface area contributed by atoms with Gasteiger partial charge in [0.05, 0.1) is 17.8 Å². The molecule has 1 saturated heterocycles. The Morgan fingerprint density at radius 1 is 1.07 bits per heavy atom. The van der Waals surface area contributed by atoms with Crippen LogP contribution < -0.4 is 0 Å². The van der Waals surface area contributed by atoms with Crippen molar-refractivity contribution < 1.29 is 9.53 Å². The number of ether oxygens (including phenoxy) is 1. The van der Waals surface area contributed by atoms with Crippen LogP contribution in [0.1, 0.15) is 31.7 Å². The second-order valence-corrected chi connectivity index (χ2v) is 7.72. The molecule has 1 aliphatic heterocycles. The smallest absolute Gasteiger partial charge is 0.409 e. The third kappa shape index (κ3) is 4.58. The van der Waals surface area contributed by atoms with Gasteiger partial charge in [-0.1, -0.05) is 48.5 Å². The van der Waals surface area contributed by atoms with Gasteiger partial charge in [-0.25, -0.2) is 9.78 Å². The van der Waals surface area contributed by atoms with Gasteiger partial charge in [0.2, 0.25) is 0 Å². The molecule has 0 spiro atoms. The predicted molar refractivity (Wildman–Crippen MR) is 117 cm³/mol. The summed E-state index contributed by atoms with van der Waals surface area (Å²) in [5, 5.41) is 1.25. The normalized spacial score (nSPS) is 14.9. The quantitative estimate of drug-likeness (QED) is 0.563. The number of hydrogen-bond donors (Lipinski definition) is 0. The Morgan fingerprint density at radius 3 is 2.55 bits per heavy atom. The van der Waals surface area contributed by atoms with Crippen molar-refractivity contribution in [1.82, 2.24) is 9.88 Å². The highest BCUT2D eigenvalue weighted by Crippen LogP contribution is 2.28. The maximum atomic E-state index is 11.9. The third-order valence-electron chi connectivity index (χ3n) is 5.83. The first kappa shape index (κ1) is 19.4. The lowest BCUT2D eigenvalue weighted by atomic mass is 9.89. The third-order valence-corrected chi connectivity index (χ3v) is 5.83. The standard InChI is InChI=1S/C25H28N2O2/c1-2-29-25(28)27-16-14-19(15-17-27)12-13-21-18-24(20-8-4-3-5-9-20)26-23-11-7-6-10-22(21)23/h3-11,18-19H,2,12-17H2,1H3. The summed E-state index contributed by atoms with van der Waals surface area (Å²) in [4.78, 5) is 18.6. The van der Waals surface area contributed by atoms with E-state index >= 15 is 0 Å². The van der Waals surface area contributed by atoms with Gasteiger partial charge in [0.15, 0.2) is 0 Å². The summed E-state index contributed by atoms with van der Waals surface area (Å²) in [5.41, 5.74) is 4.61. The van der Waals surface area contributed by atoms with E-state index < -0.39 is 0 Å². The zero-order valence-electron chi connectivity index (χ0n) is 17.0. The lowest BCUT2D eigenvalue weighted by molar-refractivity contribution is 0.0910. The molecular weight excluding hydrogens is 360 g/mol. The van der Waals surface area contributed by atoms with Gasteiger partial charge in [-0.3, -0.25) is 0 Å². The minimum atomic E-state index is -0.168. The van der Waals surface area contributed by atoms with E-state index in [-0.39, 0.29) is 6.09 Å². The molecule has 0 saturated carbocycles. The van der Waals surface area contributed by atoms with Crippen molar-refractivity contribution in [3.8, 4) is 11.3 Å². The molecule has 3 aromatic rings. The number of nitrogens with zero attached hydrogens (tertiary/aromatic N) is 2. The van der Waals surface area contributed by atoms with Crippen LogP contribution in [0.25, 0.3) is 22.2 Å². The van der Waals surface area contributed by atoms with E-state index in [0.717, 1.165) is 55.5 Å². The molecule has 0 atom stereocenters. The Morgan fingerprint density at radius 2 is 1.79 bits per heavy atom. The van der Waals surface area contributed by atoms with E-state index in [1.54, 1.807) is 0 Å². The van der Waals surface area contributed by atoms with Gasteiger partial charge >= 0.3 is 6.09 Å². The van der Waals surface area contributed by atoms with Crippen molar-refractivity contribution in [2.45, 2.75) is 32.6 Å². The highest BCUT2D eigenvalue weighted by Gasteiger charge is 2.23. The summed E-state index contributed by atoms with van der Waals surface area (Å²) in [6, 6.07) is 21.1. The van der Waals surface area contributed by atoms with Crippen molar-refractivity contribution in [2.24, 2.45) is 5.92 Å². The summed E-state index contributed by atoms with van der Waals surface area (Å²) in [5.74, 6) is 0.646. The molecule has 0 unspecified atom stereocenters. The monoisotopic (exact) mass is 388 g/mol. The van der Waals surface area contributed by atoms with E-state index in [2.05, 4.69) is 54.6 Å². The van der Waals surface area contributed by atoms with E-state index in [1.807, 2.05) is 17.9 Å². The highest BCUT2D eigenvalue weighted by atomic mass is 16.6. The summed E-state index contributed by atoms with van der Waals surface area (Å²) in [6.07, 6.45) is 4.10. The minimum absolute atomic E-state index is 0.168. The maximum absolute atomic E-state index is 11.9. The number of rotatable bonds is 5. The van der Waals surface area contributed by atoms with Gasteiger partial charge in [-0.2, -0.15) is 0 Å². The van der Waals surface area contributed by atoms with Crippen LogP contribution >= 0.6 is 0 Å². The molecule has 2 aromatic carbocycles. The lowest BCUT2D eigenvalue weighted by Crippen LogP contribution is -2.38. The molecule has 1 amide bonds. The molecule has 0 radical (unpaired) electrons. The van der Waals surface area contributed by atoms with Crippen LogP contribution in [0.2, 0.25) is 0 Å². The topological polar surface area (TPSA) is 42.4 Å². The Labute approximate surface area is 172 Å². The number of amides is 1. The summed E-state index contributed by atoms with van der Waals surface area (Å²) in [7, 11) is 0. The first-order valence-corrected chi connectivity index (χ1v) is 10.6. The number of hydrogen-bond acceptors (Lipinski definition) is 3. The van der Waals surface area contributed by atoms with Gasteiger partial charge in [-0.05, 0) is 56.2 Å². The average Bonchev–Trinajstić information content (AvgIpc) is 2.78. The molecule has 2 heterocycles. The Bertz CT molecular complexity index is 963. The highest BCUT2D eigenvalue weighted by molar-refractivity contribution is 5.85. The van der Waals surface area contributed by atoms with Crippen LogP contribution in [0.15, 0.2) is 60.7 Å². The van der Waals surface area contributed by atoms with E-state index in [0.29, 0.717) is 12.5 Å². The number of fused-ring (bicyclic) bond motifs is 1. The van der Waals surface area contributed by atoms with Gasteiger partial charge in [0, 0.05) is 24.0 Å². The van der Waals surface area contributed by atoms with Crippen molar-refractivity contribution in [2.75, 3.05) is 19.7 Å². The summed E-state index contributed by atoms with van der Waals surface area (Å²) in [6.45, 7) is 3.90. The van der Waals surface area contributed by atoms with E-state index in [1.165, 1.54) is 10.9 Å². The average molecular weight is 389 g/mol. The number of aryl methyl sites for hydroxylation is 1. The summed E-state index contributed by atoms with van der Waals surface area (Å²) >= 11 is 0. The first-order chi connectivity index (χ1) is 14.2. The molecule has 4 nitrogen and oxygen atoms in total. The van der Waals surface area contributed by atoms with Gasteiger partial charge < -0.3 is 9.64 Å². The fourth-order valence-corrected chi connectivity index (χ4v) is 4.19. The number of carbonyl (C=O) groups is 1. The number of carbonyl (C=O) groups excluding carboxylic acids is 1. The lowest BCUT2D eigenvalue weighted by Gasteiger charge is -2.31. The zero-order valence-corrected chi connectivity index (χ0v) is 17.0. The van der Waals surface area contributed by atoms with Gasteiger partial charge in [0.1, 0.15) is 0 Å². The van der Waals surface area contributed by atoms with Crippen molar-refractivity contribution in [3.05, 3.63) is 66.2 Å². The fourth-order valence-electron chi connectivity index (χ4n) is 4.19. The maximum Gasteiger partial charge on any atom is 0.409 e. The number of pyridine rings is 1. The Hall–Kier alpha value is -2.88. The number of benzene rings is 2. The molecule has 0 bridgehead atoms. The number of piperidine rings is 1. The molecule has 1 aliphatic rings. The van der Waals surface area contributed by atoms with Crippen LogP contribution in [0.5, 0.6) is 0 Å². The van der Waals surface area contributed by atoms with Gasteiger partial charge in [0.25, 0.3) is 0 Å². The van der Waals surface area contributed by atoms with Crippen LogP contribution in [0, 0.1) is 5.92 Å². The van der Waals surface area contributed by atoms with Crippen molar-refractivity contribution in [1.29, 1.82) is 0 Å². The second kappa shape index (κ2) is 9.08. The van der Waals surface area contributed by atoms with E-state index in [4.69, 9.17) is 9.72 Å². The molecule has 0 N–H and O–H groups in total. The van der Waals surface area contributed by atoms with Crippen LogP contribution in [-0.4, -0.2) is 35.7 Å². The number of aromatic nitrogens is 1. The Kier molecular flexibility index (Phi) is 6.09. The molecule has 4 rings (SSSR count). The van der Waals surface area contributed by atoms with Crippen molar-refractivity contribution >= 4 is 17.0 Å². The molecule has 0 aliphatic carbocycles. The number of para-hydroxylation sites is 1. The molecule has 150 valence electrons. The van der Waals surface area contributed by atoms with Crippen LogP contribution in [0.4, 0.5) is 4.79 Å². The zero-order chi connectivity index (χ0) is 20.1. The molecular formula is C25H28N2O2. The Balaban J connectivity index is 1.47. The second-order valence-electron chi connectivity index (χ2n) is 7.72. The molecule has 29 heavy (non-hydrogen) atoms. The largest absolute Gasteiger partial charge is 0.450 e. The first-order valence-electron chi connectivity index (χ1n) is 10.6. The summed E-state index contributed by atoms with van der Waals surface area (Å²) < 4.78 is 5.13. The van der Waals surface area contributed by atoms with Crippen molar-refractivity contribution in [3.63, 3.8) is 0 Å². The van der Waals surface area contributed by atoms with Crippen LogP contribution in [0.3, 0.4) is 0 Å². The SMILES string of the molecule is CCOC(=O)N1CCC(CCc2cc(-c3ccccc3)nc3ccccc23)CC1. The molecule has 1 aromatic heterocycles. The number of likely N-dealkylation sites (tertiary alicyclic amines) is 1. The minimum Gasteiger partial charge on any atom is -0.450 e. The van der Waals surface area contributed by atoms with Gasteiger partial charge in [-0.15, -0.1) is 0 Å². The molecule has 1 fully saturated rings. The predicted octanol–water partition coefficient (Wildman–Crippen LogP) is 5.70. The fraction of sp³-hybridized carbons (Fsp3) is 0.360. The van der Waals surface area contributed by atoms with E-state index in [9.17, 15) is 4.79 Å².